The predicted octanol–water partition coefficient (Wildman–Crippen LogP) is -3.17. The van der Waals surface area contributed by atoms with Gasteiger partial charge in [0.25, 0.3) is 5.91 Å². The maximum Gasteiger partial charge on any atom is 0.289 e. The first-order valence-corrected chi connectivity index (χ1v) is 4.40. The van der Waals surface area contributed by atoms with Crippen molar-refractivity contribution < 1.29 is 20.1 Å². The molecule has 0 fully saturated rings. The van der Waals surface area contributed by atoms with E-state index in [0.717, 1.165) is 0 Å². The van der Waals surface area contributed by atoms with Crippen LogP contribution in [0.25, 0.3) is 0 Å². The van der Waals surface area contributed by atoms with Crippen LogP contribution in [-0.2, 0) is 0 Å². The number of anilines is 1. The molecule has 0 saturated carbocycles. The summed E-state index contributed by atoms with van der Waals surface area (Å²) >= 11 is 0. The minimum Gasteiger partial charge on any atom is -0.394 e. The fourth-order valence-corrected chi connectivity index (χ4v) is 0.945. The van der Waals surface area contributed by atoms with Crippen molar-refractivity contribution in [1.29, 1.82) is 0 Å². The molecule has 9 heteroatoms. The van der Waals surface area contributed by atoms with E-state index in [1.54, 1.807) is 0 Å². The Bertz CT molecular complexity index is 353. The van der Waals surface area contributed by atoms with Crippen molar-refractivity contribution in [3.05, 3.63) is 5.82 Å². The Hall–Kier alpha value is -1.71. The van der Waals surface area contributed by atoms with Crippen LogP contribution in [0, 0.1) is 0 Å². The van der Waals surface area contributed by atoms with Gasteiger partial charge in [0.2, 0.25) is 11.8 Å². The molecular formula is C7H13N5O4. The molecule has 1 rings (SSSR count). The third-order valence-corrected chi connectivity index (χ3v) is 2.00. The van der Waals surface area contributed by atoms with Gasteiger partial charge in [-0.15, -0.1) is 5.10 Å². The van der Waals surface area contributed by atoms with E-state index in [0.29, 0.717) is 0 Å². The van der Waals surface area contributed by atoms with Crippen LogP contribution in [0.3, 0.4) is 0 Å². The number of carbonyl (C=O) groups excluding carboxylic acids is 1. The molecule has 0 aliphatic heterocycles. The summed E-state index contributed by atoms with van der Waals surface area (Å²) < 4.78 is 0. The molecule has 9 nitrogen and oxygen atoms in total. The van der Waals surface area contributed by atoms with Crippen LogP contribution in [0.4, 0.5) is 5.95 Å². The van der Waals surface area contributed by atoms with E-state index >= 15 is 0 Å². The SMILES string of the molecule is Nc1n[nH]c(C(=O)NC(CO)(CO)CO)n1. The van der Waals surface area contributed by atoms with Crippen molar-refractivity contribution in [3.63, 3.8) is 0 Å². The number of nitrogens with zero attached hydrogens (tertiary/aromatic N) is 2. The molecule has 0 unspecified atom stereocenters. The Labute approximate surface area is 90.3 Å². The van der Waals surface area contributed by atoms with Crippen LogP contribution in [0.2, 0.25) is 0 Å². The zero-order chi connectivity index (χ0) is 12.2. The molecule has 0 saturated heterocycles. The molecule has 1 aromatic heterocycles. The molecule has 0 atom stereocenters. The van der Waals surface area contributed by atoms with E-state index < -0.39 is 31.3 Å². The first-order chi connectivity index (χ1) is 7.56. The number of nitrogen functional groups attached to an aromatic ring is 1. The van der Waals surface area contributed by atoms with Gasteiger partial charge in [0, 0.05) is 0 Å². The highest BCUT2D eigenvalue weighted by molar-refractivity contribution is 5.91. The number of aromatic nitrogens is 3. The largest absolute Gasteiger partial charge is 0.394 e. The van der Waals surface area contributed by atoms with Gasteiger partial charge in [0.1, 0.15) is 5.54 Å². The van der Waals surface area contributed by atoms with Crippen molar-refractivity contribution in [2.75, 3.05) is 25.6 Å². The number of aromatic amines is 1. The normalized spacial score (nSPS) is 11.4. The third-order valence-electron chi connectivity index (χ3n) is 2.00. The molecule has 0 radical (unpaired) electrons. The minimum absolute atomic E-state index is 0.104. The number of H-pyrrole nitrogens is 1. The quantitative estimate of drug-likeness (QED) is 0.312. The van der Waals surface area contributed by atoms with E-state index in [9.17, 15) is 4.79 Å². The molecule has 1 aromatic rings. The van der Waals surface area contributed by atoms with Crippen molar-refractivity contribution in [2.24, 2.45) is 0 Å². The predicted molar refractivity (Wildman–Crippen MR) is 52.2 cm³/mol. The molecule has 0 aliphatic carbocycles. The lowest BCUT2D eigenvalue weighted by molar-refractivity contribution is 0.0371. The first kappa shape index (κ1) is 12.4. The highest BCUT2D eigenvalue weighted by Crippen LogP contribution is 2.03. The number of nitrogens with two attached hydrogens (primary N) is 1. The lowest BCUT2D eigenvalue weighted by Gasteiger charge is -2.27. The van der Waals surface area contributed by atoms with Crippen molar-refractivity contribution in [1.82, 2.24) is 20.5 Å². The van der Waals surface area contributed by atoms with E-state index in [-0.39, 0.29) is 11.8 Å². The van der Waals surface area contributed by atoms with Crippen LogP contribution in [-0.4, -0.2) is 61.8 Å². The Morgan fingerprint density at radius 2 is 1.94 bits per heavy atom. The van der Waals surface area contributed by atoms with Gasteiger partial charge in [-0.25, -0.2) is 0 Å². The average Bonchev–Trinajstić information content (AvgIpc) is 2.73. The molecule has 1 amide bonds. The van der Waals surface area contributed by atoms with Crippen LogP contribution in [0.1, 0.15) is 10.6 Å². The first-order valence-electron chi connectivity index (χ1n) is 4.40. The summed E-state index contributed by atoms with van der Waals surface area (Å²) in [6.07, 6.45) is 0. The van der Waals surface area contributed by atoms with Gasteiger partial charge in [-0.1, -0.05) is 0 Å². The van der Waals surface area contributed by atoms with E-state index in [1.165, 1.54) is 0 Å². The molecule has 7 N–H and O–H groups in total. The van der Waals surface area contributed by atoms with Crippen LogP contribution in [0.15, 0.2) is 0 Å². The summed E-state index contributed by atoms with van der Waals surface area (Å²) in [5.74, 6) is -1.01. The number of nitrogens with one attached hydrogen (secondary N) is 2. The zero-order valence-electron chi connectivity index (χ0n) is 8.34. The van der Waals surface area contributed by atoms with Crippen molar-refractivity contribution in [2.45, 2.75) is 5.54 Å². The van der Waals surface area contributed by atoms with Gasteiger partial charge in [-0.2, -0.15) is 4.98 Å². The summed E-state index contributed by atoms with van der Waals surface area (Å²) in [5, 5.41) is 34.8. The number of hydrogen-bond acceptors (Lipinski definition) is 7. The zero-order valence-corrected chi connectivity index (χ0v) is 8.34. The second-order valence-corrected chi connectivity index (χ2v) is 3.25. The molecule has 0 spiro atoms. The summed E-state index contributed by atoms with van der Waals surface area (Å²) in [6.45, 7) is -1.85. The topological polar surface area (TPSA) is 157 Å². The van der Waals surface area contributed by atoms with Gasteiger partial charge < -0.3 is 26.4 Å². The molecule has 0 aromatic carbocycles. The van der Waals surface area contributed by atoms with Gasteiger partial charge in [0.15, 0.2) is 0 Å². The third kappa shape index (κ3) is 2.45. The minimum atomic E-state index is -1.50. The van der Waals surface area contributed by atoms with Crippen LogP contribution in [0.5, 0.6) is 0 Å². The highest BCUT2D eigenvalue weighted by Gasteiger charge is 2.31. The monoisotopic (exact) mass is 231 g/mol. The second-order valence-electron chi connectivity index (χ2n) is 3.25. The molecule has 16 heavy (non-hydrogen) atoms. The second kappa shape index (κ2) is 4.88. The number of hydrogen-bond donors (Lipinski definition) is 6. The Morgan fingerprint density at radius 3 is 2.31 bits per heavy atom. The van der Waals surface area contributed by atoms with E-state index in [4.69, 9.17) is 21.1 Å². The standard InChI is InChI=1S/C7H13N5O4/c8-6-9-4(11-12-6)5(16)10-7(1-13,2-14)3-15/h13-15H,1-3H2,(H,10,16)(H3,8,9,11,12). The smallest absolute Gasteiger partial charge is 0.289 e. The fraction of sp³-hybridized carbons (Fsp3) is 0.571. The maximum absolute atomic E-state index is 11.5. The number of rotatable bonds is 5. The maximum atomic E-state index is 11.5. The molecule has 90 valence electrons. The number of aliphatic hydroxyl groups excluding tert-OH is 3. The number of amides is 1. The molecule has 0 bridgehead atoms. The number of carbonyl (C=O) groups is 1. The van der Waals surface area contributed by atoms with Gasteiger partial charge in [-0.3, -0.25) is 9.89 Å². The van der Waals surface area contributed by atoms with Gasteiger partial charge in [0.05, 0.1) is 19.8 Å². The summed E-state index contributed by atoms with van der Waals surface area (Å²) in [4.78, 5) is 15.1. The van der Waals surface area contributed by atoms with Crippen molar-refractivity contribution in [3.8, 4) is 0 Å². The van der Waals surface area contributed by atoms with Crippen LogP contribution < -0.4 is 11.1 Å². The Morgan fingerprint density at radius 1 is 1.38 bits per heavy atom. The average molecular weight is 231 g/mol. The van der Waals surface area contributed by atoms with Crippen molar-refractivity contribution >= 4 is 11.9 Å². The number of aliphatic hydroxyl groups is 3. The fourth-order valence-electron chi connectivity index (χ4n) is 0.945. The Balaban J connectivity index is 2.76. The summed E-state index contributed by atoms with van der Waals surface area (Å²) in [7, 11) is 0. The summed E-state index contributed by atoms with van der Waals surface area (Å²) in [6, 6.07) is 0. The molecule has 1 heterocycles. The lowest BCUT2D eigenvalue weighted by Crippen LogP contribution is -2.57. The summed E-state index contributed by atoms with van der Waals surface area (Å²) in [5.41, 5.74) is 3.69. The Kier molecular flexibility index (Phi) is 3.77. The van der Waals surface area contributed by atoms with E-state index in [1.807, 2.05) is 0 Å². The van der Waals surface area contributed by atoms with Crippen LogP contribution >= 0.6 is 0 Å². The van der Waals surface area contributed by atoms with Gasteiger partial charge in [-0.05, 0) is 0 Å². The highest BCUT2D eigenvalue weighted by atomic mass is 16.3. The van der Waals surface area contributed by atoms with Gasteiger partial charge >= 0.3 is 0 Å². The van der Waals surface area contributed by atoms with E-state index in [2.05, 4.69) is 20.5 Å². The lowest BCUT2D eigenvalue weighted by atomic mass is 10.0. The molecular weight excluding hydrogens is 218 g/mol. The molecule has 0 aliphatic rings.